The predicted octanol–water partition coefficient (Wildman–Crippen LogP) is 6.72. The summed E-state index contributed by atoms with van der Waals surface area (Å²) in [6.45, 7) is 0. The molecule has 0 aromatic heterocycles. The van der Waals surface area contributed by atoms with Crippen LogP contribution in [-0.4, -0.2) is 28.5 Å². The van der Waals surface area contributed by atoms with Crippen molar-refractivity contribution in [2.75, 3.05) is 5.75 Å². The van der Waals surface area contributed by atoms with E-state index in [0.29, 0.717) is 16.3 Å². The maximum Gasteiger partial charge on any atom is 0.416 e. The average Bonchev–Trinajstić information content (AvgIpc) is 2.89. The van der Waals surface area contributed by atoms with E-state index >= 15 is 0 Å². The highest BCUT2D eigenvalue weighted by Gasteiger charge is 2.30. The van der Waals surface area contributed by atoms with Crippen molar-refractivity contribution in [3.8, 4) is 0 Å². The highest BCUT2D eigenvalue weighted by atomic mass is 35.5. The van der Waals surface area contributed by atoms with Crippen LogP contribution < -0.4 is 5.32 Å². The molecule has 38 heavy (non-hydrogen) atoms. The molecule has 0 heterocycles. The van der Waals surface area contributed by atoms with Gasteiger partial charge in [-0.2, -0.15) is 24.9 Å². The molecule has 10 heteroatoms. The van der Waals surface area contributed by atoms with Gasteiger partial charge in [-0.25, -0.2) is 0 Å². The van der Waals surface area contributed by atoms with Crippen LogP contribution in [0.3, 0.4) is 0 Å². The van der Waals surface area contributed by atoms with Crippen molar-refractivity contribution in [1.29, 1.82) is 0 Å². The number of Topliss-reactive ketones (excluding diaryl/α,β-unsaturated/α-hetero) is 1. The average molecular weight is 562 g/mol. The number of ketones is 1. The van der Waals surface area contributed by atoms with Gasteiger partial charge in [0.15, 0.2) is 5.78 Å². The van der Waals surface area contributed by atoms with Crippen LogP contribution in [0.5, 0.6) is 0 Å². The first kappa shape index (κ1) is 29.0. The molecule has 0 spiro atoms. The van der Waals surface area contributed by atoms with E-state index in [9.17, 15) is 32.7 Å². The minimum Gasteiger partial charge on any atom is -0.481 e. The number of rotatable bonds is 11. The number of halogens is 4. The number of carboxylic acid groups (broad SMARTS) is 1. The van der Waals surface area contributed by atoms with E-state index in [1.54, 1.807) is 24.3 Å². The van der Waals surface area contributed by atoms with Gasteiger partial charge in [0.25, 0.3) is 5.91 Å². The first-order chi connectivity index (χ1) is 18.0. The molecule has 0 saturated heterocycles. The summed E-state index contributed by atoms with van der Waals surface area (Å²) in [4.78, 5) is 37.8. The molecule has 198 valence electrons. The van der Waals surface area contributed by atoms with Crippen molar-refractivity contribution in [2.24, 2.45) is 5.92 Å². The molecule has 3 rings (SSSR count). The van der Waals surface area contributed by atoms with Gasteiger partial charge >= 0.3 is 12.1 Å². The molecule has 1 atom stereocenters. The number of benzene rings is 3. The fourth-order valence-electron chi connectivity index (χ4n) is 3.36. The molecule has 2 N–H and O–H groups in total. The molecule has 0 aliphatic heterocycles. The number of carbonyl (C=O) groups excluding carboxylic acids is 2. The van der Waals surface area contributed by atoms with Crippen molar-refractivity contribution in [1.82, 2.24) is 5.32 Å². The van der Waals surface area contributed by atoms with Crippen molar-refractivity contribution < 1.29 is 32.7 Å². The van der Waals surface area contributed by atoms with Gasteiger partial charge in [-0.05, 0) is 53.6 Å². The quantitative estimate of drug-likeness (QED) is 0.254. The summed E-state index contributed by atoms with van der Waals surface area (Å²) in [5, 5.41) is 12.6. The second-order valence-corrected chi connectivity index (χ2v) is 9.77. The van der Waals surface area contributed by atoms with Crippen LogP contribution in [0.2, 0.25) is 5.02 Å². The Morgan fingerprint density at radius 1 is 0.947 bits per heavy atom. The molecule has 0 radical (unpaired) electrons. The second kappa shape index (κ2) is 13.3. The van der Waals surface area contributed by atoms with Gasteiger partial charge in [0, 0.05) is 28.5 Å². The molecule has 0 aliphatic carbocycles. The lowest BCUT2D eigenvalue weighted by atomic mass is 10.0. The Kier molecular flexibility index (Phi) is 10.2. The van der Waals surface area contributed by atoms with E-state index in [0.717, 1.165) is 29.8 Å². The number of hydrogen-bond donors (Lipinski definition) is 2. The molecular weight excluding hydrogens is 539 g/mol. The lowest BCUT2D eigenvalue weighted by Gasteiger charge is -2.15. The number of carbonyl (C=O) groups is 3. The van der Waals surface area contributed by atoms with Crippen LogP contribution in [0.15, 0.2) is 84.6 Å². The predicted molar refractivity (Wildman–Crippen MR) is 142 cm³/mol. The molecule has 1 amide bonds. The third kappa shape index (κ3) is 8.78. The monoisotopic (exact) mass is 561 g/mol. The number of alkyl halides is 3. The van der Waals surface area contributed by atoms with Gasteiger partial charge in [-0.15, -0.1) is 0 Å². The van der Waals surface area contributed by atoms with Crippen LogP contribution in [0.1, 0.15) is 33.5 Å². The number of carboxylic acids is 1. The highest BCUT2D eigenvalue weighted by molar-refractivity contribution is 7.98. The normalized spacial score (nSPS) is 12.6. The Balaban J connectivity index is 1.77. The molecule has 5 nitrogen and oxygen atoms in total. The Morgan fingerprint density at radius 2 is 1.58 bits per heavy atom. The topological polar surface area (TPSA) is 83.5 Å². The van der Waals surface area contributed by atoms with Gasteiger partial charge in [0.05, 0.1) is 17.2 Å². The molecule has 0 unspecified atom stereocenters. The van der Waals surface area contributed by atoms with Crippen LogP contribution >= 0.6 is 23.4 Å². The maximum atomic E-state index is 13.2. The molecule has 0 saturated carbocycles. The fourth-order valence-corrected chi connectivity index (χ4v) is 4.58. The third-order valence-electron chi connectivity index (χ3n) is 5.42. The number of amides is 1. The largest absolute Gasteiger partial charge is 0.481 e. The summed E-state index contributed by atoms with van der Waals surface area (Å²) >= 11 is 7.28. The van der Waals surface area contributed by atoms with Crippen molar-refractivity contribution in [3.05, 3.63) is 112 Å². The summed E-state index contributed by atoms with van der Waals surface area (Å²) < 4.78 is 38.6. The number of thioether (sulfide) groups is 1. The summed E-state index contributed by atoms with van der Waals surface area (Å²) in [5.41, 5.74) is 0.327. The summed E-state index contributed by atoms with van der Waals surface area (Å²) in [6.07, 6.45) is -3.57. The minimum absolute atomic E-state index is 0.0963. The Bertz CT molecular complexity index is 1290. The van der Waals surface area contributed by atoms with Gasteiger partial charge in [0.1, 0.15) is 0 Å². The minimum atomic E-state index is -4.56. The maximum absolute atomic E-state index is 13.2. The second-order valence-electron chi connectivity index (χ2n) is 8.30. The summed E-state index contributed by atoms with van der Waals surface area (Å²) in [5.74, 6) is -2.88. The lowest BCUT2D eigenvalue weighted by Crippen LogP contribution is -2.30. The molecule has 0 aliphatic rings. The molecule has 3 aromatic rings. The zero-order valence-electron chi connectivity index (χ0n) is 19.9. The number of allylic oxidation sites excluding steroid dienone is 1. The Labute approximate surface area is 226 Å². The molecular formula is C28H23ClF3NO4S. The molecule has 0 fully saturated rings. The van der Waals surface area contributed by atoms with E-state index in [2.05, 4.69) is 5.32 Å². The van der Waals surface area contributed by atoms with E-state index in [1.165, 1.54) is 17.8 Å². The van der Waals surface area contributed by atoms with E-state index < -0.39 is 35.3 Å². The first-order valence-corrected chi connectivity index (χ1v) is 12.9. The zero-order valence-corrected chi connectivity index (χ0v) is 21.4. The van der Waals surface area contributed by atoms with Gasteiger partial charge in [0.2, 0.25) is 0 Å². The van der Waals surface area contributed by atoms with Crippen LogP contribution in [0, 0.1) is 5.92 Å². The first-order valence-electron chi connectivity index (χ1n) is 11.4. The van der Waals surface area contributed by atoms with Crippen LogP contribution in [0.25, 0.3) is 6.08 Å². The SMILES string of the molecule is O=C(C[C@@H](CSCc1ccccc1)C(=O)O)/C(=C\c1ccc(Cl)cc1)NC(=O)c1ccc(C(F)(F)F)cc1. The summed E-state index contributed by atoms with van der Waals surface area (Å²) in [7, 11) is 0. The van der Waals surface area contributed by atoms with E-state index in [-0.39, 0.29) is 23.4 Å². The molecule has 3 aromatic carbocycles. The van der Waals surface area contributed by atoms with Crippen LogP contribution in [0.4, 0.5) is 13.2 Å². The number of nitrogens with one attached hydrogen (secondary N) is 1. The standard InChI is InChI=1S/C28H23ClF3NO4S/c29-23-12-6-18(7-13-23)14-24(33-26(35)20-8-10-22(11-9-20)28(30,31)32)25(34)15-21(27(36)37)17-38-16-19-4-2-1-3-5-19/h1-14,21H,15-17H2,(H,33,35)(H,36,37)/b24-14+/t21-/m0/s1. The lowest BCUT2D eigenvalue weighted by molar-refractivity contribution is -0.142. The third-order valence-corrected chi connectivity index (χ3v) is 6.84. The number of aliphatic carboxylic acids is 1. The molecule has 0 bridgehead atoms. The zero-order chi connectivity index (χ0) is 27.7. The van der Waals surface area contributed by atoms with Crippen molar-refractivity contribution in [3.63, 3.8) is 0 Å². The van der Waals surface area contributed by atoms with E-state index in [1.807, 2.05) is 30.3 Å². The van der Waals surface area contributed by atoms with Gasteiger partial charge in [-0.3, -0.25) is 14.4 Å². The smallest absolute Gasteiger partial charge is 0.416 e. The van der Waals surface area contributed by atoms with Crippen molar-refractivity contribution >= 4 is 47.1 Å². The Morgan fingerprint density at radius 3 is 2.16 bits per heavy atom. The van der Waals surface area contributed by atoms with Gasteiger partial charge in [-0.1, -0.05) is 54.1 Å². The highest BCUT2D eigenvalue weighted by Crippen LogP contribution is 2.29. The fraction of sp³-hybridized carbons (Fsp3) is 0.179. The number of hydrogen-bond acceptors (Lipinski definition) is 4. The summed E-state index contributed by atoms with van der Waals surface area (Å²) in [6, 6.07) is 19.4. The van der Waals surface area contributed by atoms with E-state index in [4.69, 9.17) is 11.6 Å². The van der Waals surface area contributed by atoms with Gasteiger partial charge < -0.3 is 10.4 Å². The Hall–Kier alpha value is -3.56. The van der Waals surface area contributed by atoms with Crippen molar-refractivity contribution in [2.45, 2.75) is 18.3 Å². The van der Waals surface area contributed by atoms with Crippen LogP contribution in [-0.2, 0) is 21.5 Å².